The molecule has 4 atom stereocenters. The lowest BCUT2D eigenvalue weighted by molar-refractivity contribution is -0.00545. The highest BCUT2D eigenvalue weighted by molar-refractivity contribution is 7.98. The summed E-state index contributed by atoms with van der Waals surface area (Å²) < 4.78 is 0. The number of thioether (sulfide) groups is 1. The maximum atomic E-state index is 2.52. The van der Waals surface area contributed by atoms with Gasteiger partial charge in [-0.05, 0) is 71.8 Å². The van der Waals surface area contributed by atoms with Crippen LogP contribution in [0.4, 0.5) is 0 Å². The van der Waals surface area contributed by atoms with Gasteiger partial charge in [0.25, 0.3) is 0 Å². The third kappa shape index (κ3) is 2.91. The van der Waals surface area contributed by atoms with Crippen molar-refractivity contribution < 1.29 is 0 Å². The Morgan fingerprint density at radius 3 is 2.48 bits per heavy atom. The molecule has 0 radical (unpaired) electrons. The monoisotopic (exact) mass is 302 g/mol. The molecule has 1 heteroatoms. The lowest BCUT2D eigenvalue weighted by Gasteiger charge is -2.57. The van der Waals surface area contributed by atoms with Gasteiger partial charge in [0.05, 0.1) is 0 Å². The molecule has 1 aromatic carbocycles. The SMILES string of the molecule is CSCC1C(C)CC2(c3ccccc3)CC1CC(C)(C)C2. The van der Waals surface area contributed by atoms with E-state index in [-0.39, 0.29) is 0 Å². The van der Waals surface area contributed by atoms with Crippen molar-refractivity contribution in [2.75, 3.05) is 12.0 Å². The van der Waals surface area contributed by atoms with Gasteiger partial charge in [-0.15, -0.1) is 0 Å². The van der Waals surface area contributed by atoms with E-state index in [2.05, 4.69) is 69.1 Å². The summed E-state index contributed by atoms with van der Waals surface area (Å²) in [4.78, 5) is 0. The predicted molar refractivity (Wildman–Crippen MR) is 94.9 cm³/mol. The second-order valence-corrected chi connectivity index (χ2v) is 9.37. The number of rotatable bonds is 3. The molecular weight excluding hydrogens is 272 g/mol. The fraction of sp³-hybridized carbons (Fsp3) is 0.700. The first-order chi connectivity index (χ1) is 9.96. The molecule has 0 nitrogen and oxygen atoms in total. The molecule has 0 amide bonds. The summed E-state index contributed by atoms with van der Waals surface area (Å²) in [6.45, 7) is 7.52. The first-order valence-electron chi connectivity index (χ1n) is 8.50. The van der Waals surface area contributed by atoms with Crippen LogP contribution in [-0.2, 0) is 5.41 Å². The standard InChI is InChI=1S/C20H30S/c1-15-10-20(17-8-6-5-7-9-17)12-16(18(15)13-21-4)11-19(2,3)14-20/h5-9,15-16,18H,10-14H2,1-4H3. The van der Waals surface area contributed by atoms with E-state index in [1.54, 1.807) is 5.56 Å². The minimum Gasteiger partial charge on any atom is -0.165 e. The Bertz CT molecular complexity index is 474. The van der Waals surface area contributed by atoms with E-state index in [0.29, 0.717) is 10.8 Å². The van der Waals surface area contributed by atoms with Gasteiger partial charge in [-0.2, -0.15) is 11.8 Å². The van der Waals surface area contributed by atoms with Crippen LogP contribution in [0.1, 0.15) is 52.0 Å². The first-order valence-corrected chi connectivity index (χ1v) is 9.90. The van der Waals surface area contributed by atoms with Gasteiger partial charge in [0.1, 0.15) is 0 Å². The maximum absolute atomic E-state index is 2.52. The zero-order valence-corrected chi connectivity index (χ0v) is 14.9. The summed E-state index contributed by atoms with van der Waals surface area (Å²) in [5, 5.41) is 0. The molecule has 0 N–H and O–H groups in total. The summed E-state index contributed by atoms with van der Waals surface area (Å²) in [5.74, 6) is 4.07. The largest absolute Gasteiger partial charge is 0.165 e. The highest BCUT2D eigenvalue weighted by Gasteiger charge is 2.52. The van der Waals surface area contributed by atoms with Crippen LogP contribution in [-0.4, -0.2) is 12.0 Å². The molecule has 4 unspecified atom stereocenters. The quantitative estimate of drug-likeness (QED) is 0.683. The molecule has 0 aromatic heterocycles. The van der Waals surface area contributed by atoms with E-state index in [1.165, 1.54) is 31.4 Å². The molecule has 3 rings (SSSR count). The topological polar surface area (TPSA) is 0 Å². The maximum Gasteiger partial charge on any atom is -0.00365 e. The van der Waals surface area contributed by atoms with Crippen molar-refractivity contribution >= 4 is 11.8 Å². The Hall–Kier alpha value is -0.430. The molecule has 0 saturated heterocycles. The van der Waals surface area contributed by atoms with Gasteiger partial charge in [-0.3, -0.25) is 0 Å². The Kier molecular flexibility index (Phi) is 4.16. The minimum absolute atomic E-state index is 0.446. The van der Waals surface area contributed by atoms with Crippen molar-refractivity contribution in [2.24, 2.45) is 23.2 Å². The van der Waals surface area contributed by atoms with Crippen LogP contribution in [0, 0.1) is 23.2 Å². The van der Waals surface area contributed by atoms with Gasteiger partial charge >= 0.3 is 0 Å². The van der Waals surface area contributed by atoms with E-state index in [4.69, 9.17) is 0 Å². The van der Waals surface area contributed by atoms with Crippen molar-refractivity contribution in [3.8, 4) is 0 Å². The molecule has 0 heterocycles. The Labute approximate surface area is 135 Å². The zero-order chi connectivity index (χ0) is 15.1. The molecule has 0 spiro atoms. The first kappa shape index (κ1) is 15.5. The Balaban J connectivity index is 1.97. The summed E-state index contributed by atoms with van der Waals surface area (Å²) in [7, 11) is 0. The molecule has 0 aliphatic heterocycles. The van der Waals surface area contributed by atoms with Crippen LogP contribution in [0.5, 0.6) is 0 Å². The van der Waals surface area contributed by atoms with Gasteiger partial charge in [0.2, 0.25) is 0 Å². The number of fused-ring (bicyclic) bond motifs is 2. The van der Waals surface area contributed by atoms with Gasteiger partial charge in [0, 0.05) is 0 Å². The fourth-order valence-corrected chi connectivity index (χ4v) is 6.64. The second kappa shape index (κ2) is 5.65. The Morgan fingerprint density at radius 1 is 1.10 bits per heavy atom. The van der Waals surface area contributed by atoms with Crippen LogP contribution in [0.15, 0.2) is 30.3 Å². The second-order valence-electron chi connectivity index (χ2n) is 8.46. The highest BCUT2D eigenvalue weighted by atomic mass is 32.2. The van der Waals surface area contributed by atoms with Crippen molar-refractivity contribution in [3.63, 3.8) is 0 Å². The van der Waals surface area contributed by atoms with Crippen LogP contribution in [0.3, 0.4) is 0 Å². The molecule has 1 aromatic rings. The molecule has 21 heavy (non-hydrogen) atoms. The molecule has 116 valence electrons. The summed E-state index contributed by atoms with van der Waals surface area (Å²) in [6, 6.07) is 11.4. The zero-order valence-electron chi connectivity index (χ0n) is 14.1. The smallest absolute Gasteiger partial charge is 0.00365 e. The number of benzene rings is 1. The van der Waals surface area contributed by atoms with Crippen molar-refractivity contribution in [2.45, 2.75) is 51.9 Å². The van der Waals surface area contributed by atoms with E-state index < -0.39 is 0 Å². The summed E-state index contributed by atoms with van der Waals surface area (Å²) >= 11 is 2.05. The average Bonchev–Trinajstić information content (AvgIpc) is 2.42. The normalized spacial score (nSPS) is 38.2. The summed E-state index contributed by atoms with van der Waals surface area (Å²) in [6.07, 6.45) is 7.89. The average molecular weight is 303 g/mol. The molecule has 2 fully saturated rings. The lowest BCUT2D eigenvalue weighted by Crippen LogP contribution is -2.50. The van der Waals surface area contributed by atoms with Crippen LogP contribution >= 0.6 is 11.8 Å². The minimum atomic E-state index is 0.446. The van der Waals surface area contributed by atoms with Crippen LogP contribution < -0.4 is 0 Å². The van der Waals surface area contributed by atoms with Gasteiger partial charge in [-0.25, -0.2) is 0 Å². The van der Waals surface area contributed by atoms with Crippen molar-refractivity contribution in [3.05, 3.63) is 35.9 Å². The lowest BCUT2D eigenvalue weighted by atomic mass is 9.48. The van der Waals surface area contributed by atoms with E-state index in [0.717, 1.165) is 17.8 Å². The molecule has 2 aliphatic rings. The van der Waals surface area contributed by atoms with Gasteiger partial charge in [0.15, 0.2) is 0 Å². The number of hydrogen-bond acceptors (Lipinski definition) is 1. The molecular formula is C20H30S. The van der Waals surface area contributed by atoms with Crippen LogP contribution in [0.25, 0.3) is 0 Å². The predicted octanol–water partition coefficient (Wildman–Crippen LogP) is 5.77. The molecule has 2 saturated carbocycles. The number of hydrogen-bond donors (Lipinski definition) is 0. The fourth-order valence-electron chi connectivity index (χ4n) is 5.66. The van der Waals surface area contributed by atoms with Crippen LogP contribution in [0.2, 0.25) is 0 Å². The van der Waals surface area contributed by atoms with E-state index >= 15 is 0 Å². The van der Waals surface area contributed by atoms with Crippen molar-refractivity contribution in [1.82, 2.24) is 0 Å². The third-order valence-corrected chi connectivity index (χ3v) is 6.80. The van der Waals surface area contributed by atoms with E-state index in [1.807, 2.05) is 0 Å². The van der Waals surface area contributed by atoms with Crippen molar-refractivity contribution in [1.29, 1.82) is 0 Å². The van der Waals surface area contributed by atoms with Gasteiger partial charge < -0.3 is 0 Å². The third-order valence-electron chi connectivity index (χ3n) is 6.08. The highest BCUT2D eigenvalue weighted by Crippen LogP contribution is 2.59. The Morgan fingerprint density at radius 2 is 1.81 bits per heavy atom. The summed E-state index contributed by atoms with van der Waals surface area (Å²) in [5.41, 5.74) is 2.55. The molecule has 2 aliphatic carbocycles. The van der Waals surface area contributed by atoms with E-state index in [9.17, 15) is 0 Å². The molecule has 2 bridgehead atoms. The van der Waals surface area contributed by atoms with Gasteiger partial charge in [-0.1, -0.05) is 51.1 Å².